The van der Waals surface area contributed by atoms with E-state index in [4.69, 9.17) is 4.74 Å². The maximum atomic E-state index is 12.6. The summed E-state index contributed by atoms with van der Waals surface area (Å²) in [5, 5.41) is 0. The number of carbonyl (C=O) groups excluding carboxylic acids is 2. The molecule has 2 aliphatic rings. The van der Waals surface area contributed by atoms with Crippen LogP contribution in [-0.4, -0.2) is 28.9 Å². The first-order valence-corrected chi connectivity index (χ1v) is 9.43. The van der Waals surface area contributed by atoms with E-state index in [9.17, 15) is 9.59 Å². The molecule has 0 aromatic heterocycles. The van der Waals surface area contributed by atoms with Crippen LogP contribution in [0.4, 0.5) is 4.79 Å². The molecule has 2 heterocycles. The zero-order valence-electron chi connectivity index (χ0n) is 15.4. The van der Waals surface area contributed by atoms with Crippen LogP contribution in [0.1, 0.15) is 47.7 Å². The number of ketones is 1. The van der Waals surface area contributed by atoms with Crippen molar-refractivity contribution in [3.63, 3.8) is 0 Å². The second kappa shape index (κ2) is 7.39. The van der Waals surface area contributed by atoms with Crippen LogP contribution >= 0.6 is 0 Å². The minimum atomic E-state index is -0.237. The maximum Gasteiger partial charge on any atom is 0.410 e. The molecule has 4 heteroatoms. The van der Waals surface area contributed by atoms with Crippen molar-refractivity contribution in [2.45, 2.75) is 44.9 Å². The lowest BCUT2D eigenvalue weighted by Gasteiger charge is -2.33. The van der Waals surface area contributed by atoms with E-state index < -0.39 is 0 Å². The van der Waals surface area contributed by atoms with Gasteiger partial charge in [0.2, 0.25) is 0 Å². The predicted octanol–water partition coefficient (Wildman–Crippen LogP) is 4.85. The van der Waals surface area contributed by atoms with Gasteiger partial charge in [-0.25, -0.2) is 4.79 Å². The molecule has 2 bridgehead atoms. The van der Waals surface area contributed by atoms with Crippen LogP contribution < -0.4 is 0 Å². The molecule has 27 heavy (non-hydrogen) atoms. The van der Waals surface area contributed by atoms with Crippen LogP contribution in [0.15, 0.2) is 60.7 Å². The summed E-state index contributed by atoms with van der Waals surface area (Å²) in [6, 6.07) is 17.8. The van der Waals surface area contributed by atoms with Crippen LogP contribution in [-0.2, 0) is 11.3 Å². The van der Waals surface area contributed by atoms with E-state index in [1.165, 1.54) is 5.57 Å². The summed E-state index contributed by atoms with van der Waals surface area (Å²) in [7, 11) is 0. The SMILES string of the molecule is CC(=O)c1cccc(C2=CC3CCC(C2)N3C(=O)OCc2ccccc2)c1. The Morgan fingerprint density at radius 1 is 1.07 bits per heavy atom. The third kappa shape index (κ3) is 3.65. The Kier molecular flexibility index (Phi) is 4.80. The topological polar surface area (TPSA) is 46.6 Å². The van der Waals surface area contributed by atoms with E-state index in [1.807, 2.05) is 59.5 Å². The summed E-state index contributed by atoms with van der Waals surface area (Å²) in [4.78, 5) is 26.2. The Bertz CT molecular complexity index is 888. The van der Waals surface area contributed by atoms with E-state index in [0.717, 1.165) is 36.0 Å². The second-order valence-corrected chi connectivity index (χ2v) is 7.28. The number of carbonyl (C=O) groups is 2. The molecule has 2 aromatic carbocycles. The highest BCUT2D eigenvalue weighted by atomic mass is 16.6. The maximum absolute atomic E-state index is 12.6. The highest BCUT2D eigenvalue weighted by Crippen LogP contribution is 2.39. The van der Waals surface area contributed by atoms with E-state index in [0.29, 0.717) is 6.61 Å². The van der Waals surface area contributed by atoms with Gasteiger partial charge in [-0.15, -0.1) is 0 Å². The molecule has 2 unspecified atom stereocenters. The normalized spacial score (nSPS) is 20.9. The van der Waals surface area contributed by atoms with Crippen molar-refractivity contribution in [3.05, 3.63) is 77.4 Å². The molecule has 1 amide bonds. The number of rotatable bonds is 4. The minimum Gasteiger partial charge on any atom is -0.445 e. The first kappa shape index (κ1) is 17.5. The van der Waals surface area contributed by atoms with Crippen molar-refractivity contribution in [1.29, 1.82) is 0 Å². The Hall–Kier alpha value is -2.88. The lowest BCUT2D eigenvalue weighted by molar-refractivity contribution is 0.0832. The first-order chi connectivity index (χ1) is 13.1. The van der Waals surface area contributed by atoms with Crippen LogP contribution in [0, 0.1) is 0 Å². The Morgan fingerprint density at radius 3 is 2.63 bits per heavy atom. The van der Waals surface area contributed by atoms with Crippen molar-refractivity contribution < 1.29 is 14.3 Å². The van der Waals surface area contributed by atoms with Gasteiger partial charge in [-0.2, -0.15) is 0 Å². The number of hydrogen-bond donors (Lipinski definition) is 0. The van der Waals surface area contributed by atoms with Crippen molar-refractivity contribution in [2.24, 2.45) is 0 Å². The van der Waals surface area contributed by atoms with Gasteiger partial charge in [0.05, 0.1) is 6.04 Å². The number of fused-ring (bicyclic) bond motifs is 2. The number of benzene rings is 2. The molecule has 1 fully saturated rings. The van der Waals surface area contributed by atoms with Gasteiger partial charge in [0, 0.05) is 11.6 Å². The van der Waals surface area contributed by atoms with Crippen molar-refractivity contribution in [3.8, 4) is 0 Å². The molecule has 1 saturated heterocycles. The van der Waals surface area contributed by atoms with Gasteiger partial charge in [0.25, 0.3) is 0 Å². The minimum absolute atomic E-state index is 0.0716. The second-order valence-electron chi connectivity index (χ2n) is 7.28. The monoisotopic (exact) mass is 361 g/mol. The fourth-order valence-corrected chi connectivity index (χ4v) is 4.06. The highest BCUT2D eigenvalue weighted by Gasteiger charge is 2.40. The van der Waals surface area contributed by atoms with Gasteiger partial charge in [-0.1, -0.05) is 54.6 Å². The molecule has 138 valence electrons. The van der Waals surface area contributed by atoms with Crippen molar-refractivity contribution in [2.75, 3.05) is 0 Å². The van der Waals surface area contributed by atoms with Crippen molar-refractivity contribution >= 4 is 17.4 Å². The highest BCUT2D eigenvalue weighted by molar-refractivity contribution is 5.95. The number of ether oxygens (including phenoxy) is 1. The van der Waals surface area contributed by atoms with Crippen LogP contribution in [0.2, 0.25) is 0 Å². The quantitative estimate of drug-likeness (QED) is 0.732. The van der Waals surface area contributed by atoms with Crippen LogP contribution in [0.25, 0.3) is 5.57 Å². The molecule has 0 spiro atoms. The van der Waals surface area contributed by atoms with E-state index in [-0.39, 0.29) is 24.0 Å². The van der Waals surface area contributed by atoms with Gasteiger partial charge in [0.1, 0.15) is 6.61 Å². The average Bonchev–Trinajstić information content (AvgIpc) is 2.96. The summed E-state index contributed by atoms with van der Waals surface area (Å²) >= 11 is 0. The molecular formula is C23H23NO3. The molecular weight excluding hydrogens is 338 g/mol. The molecule has 2 aliphatic heterocycles. The summed E-state index contributed by atoms with van der Waals surface area (Å²) in [5.74, 6) is 0.0716. The molecule has 4 nitrogen and oxygen atoms in total. The van der Waals surface area contributed by atoms with E-state index in [1.54, 1.807) is 6.92 Å². The van der Waals surface area contributed by atoms with Gasteiger partial charge < -0.3 is 4.74 Å². The number of Topliss-reactive ketones (excluding diaryl/α,β-unsaturated/α-hetero) is 1. The van der Waals surface area contributed by atoms with Gasteiger partial charge in [0.15, 0.2) is 5.78 Å². The summed E-state index contributed by atoms with van der Waals surface area (Å²) in [6.07, 6.45) is 4.68. The smallest absolute Gasteiger partial charge is 0.410 e. The van der Waals surface area contributed by atoms with Gasteiger partial charge >= 0.3 is 6.09 Å². The third-order valence-electron chi connectivity index (χ3n) is 5.45. The predicted molar refractivity (Wildman–Crippen MR) is 104 cm³/mol. The van der Waals surface area contributed by atoms with E-state index in [2.05, 4.69) is 6.08 Å². The number of nitrogens with zero attached hydrogens (tertiary/aromatic N) is 1. The Labute approximate surface area is 159 Å². The number of hydrogen-bond acceptors (Lipinski definition) is 3. The molecule has 2 atom stereocenters. The fourth-order valence-electron chi connectivity index (χ4n) is 4.06. The zero-order chi connectivity index (χ0) is 18.8. The van der Waals surface area contributed by atoms with Crippen LogP contribution in [0.5, 0.6) is 0 Å². The molecule has 4 rings (SSSR count). The molecule has 2 aromatic rings. The first-order valence-electron chi connectivity index (χ1n) is 9.43. The van der Waals surface area contributed by atoms with Crippen LogP contribution in [0.3, 0.4) is 0 Å². The largest absolute Gasteiger partial charge is 0.445 e. The summed E-state index contributed by atoms with van der Waals surface area (Å²) in [6.45, 7) is 1.88. The Morgan fingerprint density at radius 2 is 1.89 bits per heavy atom. The molecule has 0 aliphatic carbocycles. The molecule has 0 N–H and O–H groups in total. The standard InChI is InChI=1S/C23H23NO3/c1-16(25)18-8-5-9-19(12-18)20-13-21-10-11-22(14-20)24(21)23(26)27-15-17-6-3-2-4-7-17/h2-9,12-13,21-22H,10-11,14-15H2,1H3. The zero-order valence-corrected chi connectivity index (χ0v) is 15.4. The van der Waals surface area contributed by atoms with E-state index >= 15 is 0 Å². The van der Waals surface area contributed by atoms with Gasteiger partial charge in [-0.3, -0.25) is 9.69 Å². The molecule has 0 saturated carbocycles. The van der Waals surface area contributed by atoms with Crippen molar-refractivity contribution in [1.82, 2.24) is 4.90 Å². The lowest BCUT2D eigenvalue weighted by atomic mass is 9.93. The number of amides is 1. The molecule has 0 radical (unpaired) electrons. The Balaban J connectivity index is 1.48. The van der Waals surface area contributed by atoms with Gasteiger partial charge in [-0.05, 0) is 49.0 Å². The summed E-state index contributed by atoms with van der Waals surface area (Å²) in [5.41, 5.74) is 4.02. The average molecular weight is 361 g/mol. The summed E-state index contributed by atoms with van der Waals surface area (Å²) < 4.78 is 5.55. The third-order valence-corrected chi connectivity index (χ3v) is 5.45. The lowest BCUT2D eigenvalue weighted by Crippen LogP contribution is -2.43. The fraction of sp³-hybridized carbons (Fsp3) is 0.304.